The zero-order chi connectivity index (χ0) is 17.1. The molecule has 0 radical (unpaired) electrons. The van der Waals surface area contributed by atoms with Gasteiger partial charge in [-0.25, -0.2) is 4.39 Å². The third kappa shape index (κ3) is 3.34. The fraction of sp³-hybridized carbons (Fsp3) is 0.235. The molecule has 0 aliphatic carbocycles. The smallest absolute Gasteiger partial charge is 0.217 e. The van der Waals surface area contributed by atoms with Crippen molar-refractivity contribution in [1.82, 2.24) is 9.88 Å². The van der Waals surface area contributed by atoms with Crippen LogP contribution in [0, 0.1) is 5.82 Å². The predicted molar refractivity (Wildman–Crippen MR) is 85.8 cm³/mol. The number of aromatic nitrogens is 1. The molecule has 1 N–H and O–H groups in total. The van der Waals surface area contributed by atoms with Crippen LogP contribution in [-0.4, -0.2) is 35.1 Å². The van der Waals surface area contributed by atoms with Gasteiger partial charge in [-0.15, -0.1) is 0 Å². The topological polar surface area (TPSA) is 72.7 Å². The Hall–Kier alpha value is -2.96. The van der Waals surface area contributed by atoms with Crippen LogP contribution < -0.4 is 5.32 Å². The van der Waals surface area contributed by atoms with Crippen LogP contribution in [0.5, 0.6) is 0 Å². The van der Waals surface area contributed by atoms with Crippen LogP contribution in [0.25, 0.3) is 5.69 Å². The van der Waals surface area contributed by atoms with Gasteiger partial charge in [-0.3, -0.25) is 9.59 Å². The number of hydrogen-bond donors (Lipinski definition) is 1. The molecule has 0 bridgehead atoms. The molecule has 24 heavy (non-hydrogen) atoms. The van der Waals surface area contributed by atoms with Crippen LogP contribution in [0.3, 0.4) is 0 Å². The molecular weight excluding hydrogens is 313 g/mol. The maximum Gasteiger partial charge on any atom is 0.217 e. The summed E-state index contributed by atoms with van der Waals surface area (Å²) in [7, 11) is 0. The van der Waals surface area contributed by atoms with Gasteiger partial charge in [0.15, 0.2) is 6.29 Å². The molecule has 6 nitrogen and oxygen atoms in total. The number of rotatable bonds is 5. The van der Waals surface area contributed by atoms with Crippen molar-refractivity contribution in [3.63, 3.8) is 0 Å². The fourth-order valence-electron chi connectivity index (χ4n) is 2.49. The van der Waals surface area contributed by atoms with Crippen molar-refractivity contribution >= 4 is 17.9 Å². The molecule has 1 aromatic heterocycles. The number of aldehydes is 1. The zero-order valence-corrected chi connectivity index (χ0v) is 13.0. The molecule has 2 heterocycles. The number of carbonyl (C=O) groups excluding carboxylic acids is 2. The molecule has 1 aliphatic rings. The van der Waals surface area contributed by atoms with E-state index in [1.54, 1.807) is 35.2 Å². The zero-order valence-electron chi connectivity index (χ0n) is 13.0. The monoisotopic (exact) mass is 329 g/mol. The lowest BCUT2D eigenvalue weighted by Crippen LogP contribution is -2.30. The first-order chi connectivity index (χ1) is 11.6. The molecule has 1 unspecified atom stereocenters. The summed E-state index contributed by atoms with van der Waals surface area (Å²) in [5.41, 5.74) is 2.09. The van der Waals surface area contributed by atoms with E-state index in [2.05, 4.69) is 10.5 Å². The van der Waals surface area contributed by atoms with Gasteiger partial charge in [-0.1, -0.05) is 11.2 Å². The largest absolute Gasteiger partial charge is 0.390 e. The Kier molecular flexibility index (Phi) is 4.41. The Labute approximate surface area is 137 Å². The molecule has 3 rings (SSSR count). The Balaban J connectivity index is 1.73. The van der Waals surface area contributed by atoms with Crippen LogP contribution in [0.4, 0.5) is 4.39 Å². The van der Waals surface area contributed by atoms with Crippen LogP contribution >= 0.6 is 0 Å². The molecule has 1 aliphatic heterocycles. The Morgan fingerprint density at radius 3 is 3.00 bits per heavy atom. The fourth-order valence-corrected chi connectivity index (χ4v) is 2.49. The van der Waals surface area contributed by atoms with E-state index in [9.17, 15) is 14.0 Å². The molecular formula is C17H16FN3O3. The van der Waals surface area contributed by atoms with Crippen molar-refractivity contribution in [2.75, 3.05) is 6.54 Å². The number of oxime groups is 1. The summed E-state index contributed by atoms with van der Waals surface area (Å²) in [5.74, 6) is -0.558. The summed E-state index contributed by atoms with van der Waals surface area (Å²) < 4.78 is 15.9. The SMILES string of the molecule is CC(=O)NCC1CC(c2ccc(-n3ccc(C=O)c3)c(F)c2)=NO1. The van der Waals surface area contributed by atoms with E-state index < -0.39 is 5.82 Å². The number of hydrogen-bond acceptors (Lipinski definition) is 4. The molecule has 1 atom stereocenters. The van der Waals surface area contributed by atoms with Crippen molar-refractivity contribution < 1.29 is 18.8 Å². The van der Waals surface area contributed by atoms with E-state index >= 15 is 0 Å². The van der Waals surface area contributed by atoms with Crippen molar-refractivity contribution in [1.29, 1.82) is 0 Å². The lowest BCUT2D eigenvalue weighted by Gasteiger charge is -2.08. The summed E-state index contributed by atoms with van der Waals surface area (Å²) in [4.78, 5) is 26.9. The van der Waals surface area contributed by atoms with E-state index in [0.29, 0.717) is 41.8 Å². The molecule has 0 spiro atoms. The molecule has 124 valence electrons. The van der Waals surface area contributed by atoms with Gasteiger partial charge in [0.05, 0.1) is 17.9 Å². The van der Waals surface area contributed by atoms with Gasteiger partial charge in [-0.2, -0.15) is 0 Å². The first-order valence-corrected chi connectivity index (χ1v) is 7.47. The first-order valence-electron chi connectivity index (χ1n) is 7.47. The molecule has 7 heteroatoms. The van der Waals surface area contributed by atoms with Crippen molar-refractivity contribution in [3.8, 4) is 5.69 Å². The summed E-state index contributed by atoms with van der Waals surface area (Å²) in [5, 5.41) is 6.64. The number of halogens is 1. The third-order valence-corrected chi connectivity index (χ3v) is 3.72. The highest BCUT2D eigenvalue weighted by Crippen LogP contribution is 2.21. The minimum Gasteiger partial charge on any atom is -0.390 e. The van der Waals surface area contributed by atoms with Gasteiger partial charge in [-0.05, 0) is 18.2 Å². The number of benzene rings is 1. The van der Waals surface area contributed by atoms with E-state index in [1.165, 1.54) is 13.0 Å². The predicted octanol–water partition coefficient (Wildman–Crippen LogP) is 2.06. The average Bonchev–Trinajstić information content (AvgIpc) is 3.22. The van der Waals surface area contributed by atoms with Crippen LogP contribution in [0.1, 0.15) is 29.3 Å². The van der Waals surface area contributed by atoms with Gasteiger partial charge in [0.2, 0.25) is 5.91 Å². The second-order valence-corrected chi connectivity index (χ2v) is 5.54. The molecule has 1 aromatic carbocycles. The van der Waals surface area contributed by atoms with Gasteiger partial charge in [0.1, 0.15) is 11.9 Å². The summed E-state index contributed by atoms with van der Waals surface area (Å²) in [6.07, 6.45) is 4.15. The maximum absolute atomic E-state index is 14.4. The van der Waals surface area contributed by atoms with Crippen molar-refractivity contribution in [3.05, 3.63) is 53.6 Å². The lowest BCUT2D eigenvalue weighted by molar-refractivity contribution is -0.119. The van der Waals surface area contributed by atoms with E-state index in [1.807, 2.05) is 0 Å². The van der Waals surface area contributed by atoms with Gasteiger partial charge < -0.3 is 14.7 Å². The Morgan fingerprint density at radius 2 is 2.33 bits per heavy atom. The van der Waals surface area contributed by atoms with E-state index in [-0.39, 0.29) is 12.0 Å². The van der Waals surface area contributed by atoms with E-state index in [0.717, 1.165) is 0 Å². The maximum atomic E-state index is 14.4. The van der Waals surface area contributed by atoms with E-state index in [4.69, 9.17) is 4.84 Å². The molecule has 0 saturated carbocycles. The summed E-state index contributed by atoms with van der Waals surface area (Å²) in [6.45, 7) is 1.79. The second kappa shape index (κ2) is 6.66. The number of amides is 1. The Bertz CT molecular complexity index is 813. The molecule has 0 fully saturated rings. The van der Waals surface area contributed by atoms with Gasteiger partial charge >= 0.3 is 0 Å². The highest BCUT2D eigenvalue weighted by molar-refractivity contribution is 6.01. The minimum absolute atomic E-state index is 0.135. The first kappa shape index (κ1) is 15.9. The van der Waals surface area contributed by atoms with Crippen LogP contribution in [-0.2, 0) is 9.63 Å². The third-order valence-electron chi connectivity index (χ3n) is 3.72. The Morgan fingerprint density at radius 1 is 1.50 bits per heavy atom. The molecule has 1 amide bonds. The normalized spacial score (nSPS) is 16.4. The van der Waals surface area contributed by atoms with Gasteiger partial charge in [0.25, 0.3) is 0 Å². The van der Waals surface area contributed by atoms with Crippen molar-refractivity contribution in [2.45, 2.75) is 19.4 Å². The highest BCUT2D eigenvalue weighted by atomic mass is 19.1. The average molecular weight is 329 g/mol. The molecule has 0 saturated heterocycles. The highest BCUT2D eigenvalue weighted by Gasteiger charge is 2.23. The van der Waals surface area contributed by atoms with Crippen molar-refractivity contribution in [2.24, 2.45) is 5.16 Å². The second-order valence-electron chi connectivity index (χ2n) is 5.54. The summed E-state index contributed by atoms with van der Waals surface area (Å²) >= 11 is 0. The number of nitrogens with zero attached hydrogens (tertiary/aromatic N) is 2. The van der Waals surface area contributed by atoms with Crippen LogP contribution in [0.15, 0.2) is 41.8 Å². The number of carbonyl (C=O) groups is 2. The quantitative estimate of drug-likeness (QED) is 0.854. The summed E-state index contributed by atoms with van der Waals surface area (Å²) in [6, 6.07) is 6.38. The lowest BCUT2D eigenvalue weighted by atomic mass is 10.0. The minimum atomic E-state index is -0.423. The standard InChI is InChI=1S/C17H16FN3O3/c1-11(23)19-8-14-7-16(20-24-14)13-2-3-17(15(18)6-13)21-5-4-12(9-21)10-22/h2-6,9-10,14H,7-8H2,1H3,(H,19,23). The van der Waals surface area contributed by atoms with Crippen LogP contribution in [0.2, 0.25) is 0 Å². The number of nitrogens with one attached hydrogen (secondary N) is 1. The molecule has 2 aromatic rings. The van der Waals surface area contributed by atoms with Gasteiger partial charge in [0, 0.05) is 36.9 Å².